The van der Waals surface area contributed by atoms with Crippen molar-refractivity contribution in [3.63, 3.8) is 0 Å². The largest absolute Gasteiger partial charge is 0.496 e. The lowest BCUT2D eigenvalue weighted by molar-refractivity contribution is 0.0697. The molecule has 3 rings (SSSR count). The van der Waals surface area contributed by atoms with Gasteiger partial charge in [0.25, 0.3) is 0 Å². The molecule has 0 amide bonds. The number of carbonyl (C=O) groups is 1. The van der Waals surface area contributed by atoms with Crippen LogP contribution in [0.5, 0.6) is 5.75 Å². The fourth-order valence-electron chi connectivity index (χ4n) is 3.05. The summed E-state index contributed by atoms with van der Waals surface area (Å²) >= 11 is 0. The van der Waals surface area contributed by atoms with Gasteiger partial charge in [-0.3, -0.25) is 0 Å². The summed E-state index contributed by atoms with van der Waals surface area (Å²) < 4.78 is 7.19. The van der Waals surface area contributed by atoms with Gasteiger partial charge in [0.1, 0.15) is 17.1 Å². The lowest BCUT2D eigenvalue weighted by Gasteiger charge is -2.38. The summed E-state index contributed by atoms with van der Waals surface area (Å²) in [5.74, 6) is 0.352. The molecule has 2 aromatic rings. The quantitative estimate of drug-likeness (QED) is 0.911. The van der Waals surface area contributed by atoms with Crippen molar-refractivity contribution in [2.75, 3.05) is 12.4 Å². The molecule has 0 fully saturated rings. The van der Waals surface area contributed by atoms with Gasteiger partial charge in [0, 0.05) is 5.56 Å². The van der Waals surface area contributed by atoms with Gasteiger partial charge in [-0.2, -0.15) is 5.10 Å². The van der Waals surface area contributed by atoms with Crippen molar-refractivity contribution < 1.29 is 14.6 Å². The molecule has 0 saturated heterocycles. The number of carboxylic acids is 1. The van der Waals surface area contributed by atoms with Crippen LogP contribution in [-0.2, 0) is 5.54 Å². The Morgan fingerprint density at radius 2 is 2.18 bits per heavy atom. The highest BCUT2D eigenvalue weighted by Gasteiger charge is 2.37. The second-order valence-corrected chi connectivity index (χ2v) is 6.08. The first-order chi connectivity index (χ1) is 10.4. The number of nitrogens with zero attached hydrogens (tertiary/aromatic N) is 2. The number of methoxy groups -OCH3 is 1. The predicted octanol–water partition coefficient (Wildman–Crippen LogP) is 2.88. The van der Waals surface area contributed by atoms with Crippen molar-refractivity contribution in [2.45, 2.75) is 31.8 Å². The number of benzene rings is 1. The molecule has 6 nitrogen and oxygen atoms in total. The number of hydrogen-bond donors (Lipinski definition) is 2. The average molecular weight is 301 g/mol. The summed E-state index contributed by atoms with van der Waals surface area (Å²) in [6.45, 7) is 4.11. The van der Waals surface area contributed by atoms with Crippen LogP contribution in [-0.4, -0.2) is 28.0 Å². The first-order valence-electron chi connectivity index (χ1n) is 7.15. The van der Waals surface area contributed by atoms with E-state index in [4.69, 9.17) is 4.74 Å². The van der Waals surface area contributed by atoms with Crippen molar-refractivity contribution in [1.29, 1.82) is 0 Å². The average Bonchev–Trinajstić information content (AvgIpc) is 2.91. The second kappa shape index (κ2) is 5.05. The lowest BCUT2D eigenvalue weighted by Crippen LogP contribution is -2.38. The summed E-state index contributed by atoms with van der Waals surface area (Å²) in [7, 11) is 1.64. The van der Waals surface area contributed by atoms with Crippen molar-refractivity contribution in [2.24, 2.45) is 0 Å². The number of fused-ring (bicyclic) bond motifs is 1. The van der Waals surface area contributed by atoms with E-state index in [2.05, 4.69) is 24.3 Å². The fourth-order valence-corrected chi connectivity index (χ4v) is 3.05. The van der Waals surface area contributed by atoms with Gasteiger partial charge in [-0.25, -0.2) is 9.48 Å². The molecule has 1 aliphatic rings. The van der Waals surface area contributed by atoms with Gasteiger partial charge in [0.05, 0.1) is 24.9 Å². The Kier molecular flexibility index (Phi) is 3.31. The van der Waals surface area contributed by atoms with E-state index in [0.717, 1.165) is 17.7 Å². The van der Waals surface area contributed by atoms with E-state index in [1.54, 1.807) is 11.8 Å². The summed E-state index contributed by atoms with van der Waals surface area (Å²) in [6.07, 6.45) is 2.18. The maximum atomic E-state index is 11.4. The van der Waals surface area contributed by atoms with Crippen molar-refractivity contribution in [3.05, 3.63) is 41.6 Å². The number of anilines is 1. The zero-order valence-corrected chi connectivity index (χ0v) is 12.8. The topological polar surface area (TPSA) is 76.4 Å². The molecule has 1 aromatic carbocycles. The zero-order chi connectivity index (χ0) is 15.9. The number of hydrogen-bond acceptors (Lipinski definition) is 4. The van der Waals surface area contributed by atoms with Gasteiger partial charge in [-0.15, -0.1) is 0 Å². The van der Waals surface area contributed by atoms with E-state index < -0.39 is 5.97 Å². The van der Waals surface area contributed by atoms with Gasteiger partial charge >= 0.3 is 5.97 Å². The van der Waals surface area contributed by atoms with Crippen LogP contribution in [0.15, 0.2) is 30.5 Å². The third-order valence-electron chi connectivity index (χ3n) is 4.10. The first-order valence-corrected chi connectivity index (χ1v) is 7.15. The Morgan fingerprint density at radius 3 is 2.86 bits per heavy atom. The van der Waals surface area contributed by atoms with Crippen molar-refractivity contribution in [1.82, 2.24) is 9.78 Å². The number of nitrogens with one attached hydrogen (secondary N) is 1. The van der Waals surface area contributed by atoms with E-state index in [1.165, 1.54) is 6.20 Å². The minimum absolute atomic E-state index is 0.0338. The lowest BCUT2D eigenvalue weighted by atomic mass is 9.88. The molecule has 6 heteroatoms. The zero-order valence-electron chi connectivity index (χ0n) is 12.8. The summed E-state index contributed by atoms with van der Waals surface area (Å²) in [4.78, 5) is 11.4. The highest BCUT2D eigenvalue weighted by atomic mass is 16.5. The van der Waals surface area contributed by atoms with Crippen LogP contribution in [0.2, 0.25) is 0 Å². The molecule has 1 unspecified atom stereocenters. The summed E-state index contributed by atoms with van der Waals surface area (Å²) in [5, 5.41) is 16.9. The van der Waals surface area contributed by atoms with Gasteiger partial charge in [-0.05, 0) is 26.3 Å². The molecule has 0 saturated carbocycles. The third kappa shape index (κ3) is 2.20. The first kappa shape index (κ1) is 14.4. The Bertz CT molecular complexity index is 721. The van der Waals surface area contributed by atoms with Gasteiger partial charge in [0.15, 0.2) is 0 Å². The Morgan fingerprint density at radius 1 is 1.45 bits per heavy atom. The van der Waals surface area contributed by atoms with Crippen LogP contribution in [0.25, 0.3) is 0 Å². The monoisotopic (exact) mass is 301 g/mol. The Balaban J connectivity index is 2.07. The van der Waals surface area contributed by atoms with Gasteiger partial charge in [0.2, 0.25) is 0 Å². The standard InChI is InChI=1S/C16H19N3O3/c1-16(2)8-12(10-6-4-5-7-13(10)22-3)18-14-11(15(20)21)9-17-19(14)16/h4-7,9,12,18H,8H2,1-3H3,(H,20,21). The van der Waals surface area contributed by atoms with E-state index in [9.17, 15) is 9.90 Å². The number of ether oxygens (including phenoxy) is 1. The number of carboxylic acid groups (broad SMARTS) is 1. The molecule has 2 heterocycles. The van der Waals surface area contributed by atoms with E-state index in [-0.39, 0.29) is 17.1 Å². The van der Waals surface area contributed by atoms with Crippen molar-refractivity contribution in [3.8, 4) is 5.75 Å². The number of aromatic nitrogens is 2. The van der Waals surface area contributed by atoms with E-state index in [0.29, 0.717) is 5.82 Å². The molecule has 1 aliphatic heterocycles. The molecular weight excluding hydrogens is 282 g/mol. The minimum Gasteiger partial charge on any atom is -0.496 e. The summed E-state index contributed by atoms with van der Waals surface area (Å²) in [5.41, 5.74) is 0.911. The SMILES string of the molecule is COc1ccccc1C1CC(C)(C)n2ncc(C(=O)O)c2N1. The molecule has 0 spiro atoms. The summed E-state index contributed by atoms with van der Waals surface area (Å²) in [6, 6.07) is 7.75. The molecule has 0 radical (unpaired) electrons. The van der Waals surface area contributed by atoms with Crippen LogP contribution in [0.1, 0.15) is 42.2 Å². The highest BCUT2D eigenvalue weighted by molar-refractivity contribution is 5.93. The van der Waals surface area contributed by atoms with Gasteiger partial charge < -0.3 is 15.2 Å². The van der Waals surface area contributed by atoms with E-state index in [1.807, 2.05) is 24.3 Å². The Labute approximate surface area is 128 Å². The van der Waals surface area contributed by atoms with Crippen molar-refractivity contribution >= 4 is 11.8 Å². The number of para-hydroxylation sites is 1. The minimum atomic E-state index is -0.981. The van der Waals surface area contributed by atoms with Crippen LogP contribution in [0.3, 0.4) is 0 Å². The van der Waals surface area contributed by atoms with Crippen LogP contribution in [0.4, 0.5) is 5.82 Å². The normalized spacial score (nSPS) is 19.1. The van der Waals surface area contributed by atoms with Crippen LogP contribution >= 0.6 is 0 Å². The molecule has 1 atom stereocenters. The molecular formula is C16H19N3O3. The highest BCUT2D eigenvalue weighted by Crippen LogP contribution is 2.42. The third-order valence-corrected chi connectivity index (χ3v) is 4.10. The number of aromatic carboxylic acids is 1. The van der Waals surface area contributed by atoms with Gasteiger partial charge in [-0.1, -0.05) is 18.2 Å². The maximum Gasteiger partial charge on any atom is 0.341 e. The second-order valence-electron chi connectivity index (χ2n) is 6.08. The smallest absolute Gasteiger partial charge is 0.341 e. The Hall–Kier alpha value is -2.50. The molecule has 22 heavy (non-hydrogen) atoms. The molecule has 2 N–H and O–H groups in total. The number of rotatable bonds is 3. The predicted molar refractivity (Wildman–Crippen MR) is 82.5 cm³/mol. The fraction of sp³-hybridized carbons (Fsp3) is 0.375. The molecule has 116 valence electrons. The van der Waals surface area contributed by atoms with Crippen LogP contribution in [0, 0.1) is 0 Å². The molecule has 0 aliphatic carbocycles. The maximum absolute atomic E-state index is 11.4. The molecule has 1 aromatic heterocycles. The molecule has 0 bridgehead atoms. The van der Waals surface area contributed by atoms with Crippen LogP contribution < -0.4 is 10.1 Å². The van der Waals surface area contributed by atoms with E-state index >= 15 is 0 Å².